The molecule has 0 fully saturated rings. The molecule has 32 heavy (non-hydrogen) atoms. The van der Waals surface area contributed by atoms with Gasteiger partial charge in [0, 0.05) is 17.1 Å². The number of urea groups is 1. The molecule has 0 aromatic heterocycles. The van der Waals surface area contributed by atoms with Crippen LogP contribution in [0, 0.1) is 5.82 Å². The average molecular weight is 455 g/mol. The fraction of sp³-hybridized carbons (Fsp3) is 0.0870. The molecule has 3 aromatic carbocycles. The molecule has 3 aromatic rings. The summed E-state index contributed by atoms with van der Waals surface area (Å²) in [6, 6.07) is 18.2. The monoisotopic (exact) mass is 454 g/mol. The molecule has 7 nitrogen and oxygen atoms in total. The Balaban J connectivity index is 1.50. The molecule has 0 spiro atoms. The van der Waals surface area contributed by atoms with Crippen molar-refractivity contribution in [2.45, 2.75) is 6.54 Å². The van der Waals surface area contributed by atoms with Crippen molar-refractivity contribution >= 4 is 40.8 Å². The number of nitrogens with one attached hydrogen (secondary N) is 4. The van der Waals surface area contributed by atoms with Crippen LogP contribution in [-0.2, 0) is 11.3 Å². The number of rotatable bonds is 7. The van der Waals surface area contributed by atoms with Gasteiger partial charge in [-0.2, -0.15) is 0 Å². The summed E-state index contributed by atoms with van der Waals surface area (Å²) in [5.74, 6) is -1.20. The van der Waals surface area contributed by atoms with Gasteiger partial charge in [-0.05, 0) is 54.1 Å². The quantitative estimate of drug-likeness (QED) is 0.431. The molecule has 0 aliphatic heterocycles. The van der Waals surface area contributed by atoms with Gasteiger partial charge in [0.1, 0.15) is 5.82 Å². The van der Waals surface area contributed by atoms with E-state index in [0.717, 1.165) is 5.56 Å². The number of hydrogen-bond acceptors (Lipinski definition) is 3. The zero-order chi connectivity index (χ0) is 22.9. The first-order valence-electron chi connectivity index (χ1n) is 9.62. The summed E-state index contributed by atoms with van der Waals surface area (Å²) in [6.07, 6.45) is 0. The average Bonchev–Trinajstić information content (AvgIpc) is 2.79. The fourth-order valence-electron chi connectivity index (χ4n) is 2.70. The lowest BCUT2D eigenvalue weighted by atomic mass is 10.2. The molecule has 0 atom stereocenters. The third kappa shape index (κ3) is 6.82. The highest BCUT2D eigenvalue weighted by Crippen LogP contribution is 2.22. The lowest BCUT2D eigenvalue weighted by Crippen LogP contribution is -2.39. The topological polar surface area (TPSA) is 99.3 Å². The van der Waals surface area contributed by atoms with E-state index in [-0.39, 0.29) is 24.8 Å². The molecule has 0 radical (unpaired) electrons. The molecule has 4 N–H and O–H groups in total. The molecule has 3 rings (SSSR count). The van der Waals surface area contributed by atoms with Gasteiger partial charge in [0.25, 0.3) is 5.91 Å². The smallest absolute Gasteiger partial charge is 0.315 e. The third-order valence-corrected chi connectivity index (χ3v) is 4.58. The van der Waals surface area contributed by atoms with Crippen LogP contribution in [0.1, 0.15) is 15.9 Å². The molecule has 9 heteroatoms. The van der Waals surface area contributed by atoms with Crippen molar-refractivity contribution in [3.8, 4) is 0 Å². The van der Waals surface area contributed by atoms with Crippen LogP contribution in [0.2, 0.25) is 5.02 Å². The van der Waals surface area contributed by atoms with Crippen LogP contribution in [0.3, 0.4) is 0 Å². The second-order valence-electron chi connectivity index (χ2n) is 6.72. The van der Waals surface area contributed by atoms with E-state index in [0.29, 0.717) is 22.0 Å². The zero-order valence-electron chi connectivity index (χ0n) is 16.8. The Kier molecular flexibility index (Phi) is 7.77. The first kappa shape index (κ1) is 22.8. The number of anilines is 2. The van der Waals surface area contributed by atoms with E-state index < -0.39 is 11.9 Å². The van der Waals surface area contributed by atoms with E-state index in [9.17, 15) is 18.8 Å². The largest absolute Gasteiger partial charge is 0.334 e. The molecule has 0 heterocycles. The Labute approximate surface area is 189 Å². The fourth-order valence-corrected chi connectivity index (χ4v) is 2.82. The minimum atomic E-state index is -0.547. The highest BCUT2D eigenvalue weighted by atomic mass is 35.5. The Morgan fingerprint density at radius 2 is 1.41 bits per heavy atom. The van der Waals surface area contributed by atoms with Crippen LogP contribution < -0.4 is 21.3 Å². The van der Waals surface area contributed by atoms with E-state index >= 15 is 0 Å². The Hall–Kier alpha value is -3.91. The van der Waals surface area contributed by atoms with Crippen molar-refractivity contribution in [1.29, 1.82) is 0 Å². The molecule has 0 saturated heterocycles. The standard InChI is InChI=1S/C23H20ClFN4O3/c24-17-9-7-16(8-10-17)22(31)29-20-4-2-1-3-19(20)28-21(30)14-27-23(32)26-13-15-5-11-18(25)12-6-15/h1-12H,13-14H2,(H,28,30)(H,29,31)(H2,26,27,32). The number of para-hydroxylation sites is 2. The van der Waals surface area contributed by atoms with Crippen molar-refractivity contribution in [1.82, 2.24) is 10.6 Å². The van der Waals surface area contributed by atoms with Crippen molar-refractivity contribution in [3.63, 3.8) is 0 Å². The van der Waals surface area contributed by atoms with Gasteiger partial charge < -0.3 is 21.3 Å². The molecule has 0 aliphatic rings. The van der Waals surface area contributed by atoms with Crippen LogP contribution in [-0.4, -0.2) is 24.4 Å². The molecule has 0 unspecified atom stereocenters. The van der Waals surface area contributed by atoms with Crippen LogP contribution in [0.5, 0.6) is 0 Å². The number of carbonyl (C=O) groups is 3. The SMILES string of the molecule is O=C(CNC(=O)NCc1ccc(F)cc1)Nc1ccccc1NC(=O)c1ccc(Cl)cc1. The van der Waals surface area contributed by atoms with Crippen LogP contribution in [0.4, 0.5) is 20.6 Å². The van der Waals surface area contributed by atoms with Gasteiger partial charge in [-0.3, -0.25) is 9.59 Å². The molecule has 164 valence electrons. The summed E-state index contributed by atoms with van der Waals surface area (Å²) in [6.45, 7) is -0.0952. The molecule has 0 saturated carbocycles. The summed E-state index contributed by atoms with van der Waals surface area (Å²) < 4.78 is 12.9. The van der Waals surface area contributed by atoms with Crippen LogP contribution in [0.25, 0.3) is 0 Å². The maximum atomic E-state index is 12.9. The molecular weight excluding hydrogens is 435 g/mol. The van der Waals surface area contributed by atoms with Crippen molar-refractivity contribution in [3.05, 3.63) is 94.8 Å². The molecule has 4 amide bonds. The lowest BCUT2D eigenvalue weighted by Gasteiger charge is -2.13. The van der Waals surface area contributed by atoms with Crippen molar-refractivity contribution in [2.24, 2.45) is 0 Å². The Morgan fingerprint density at radius 3 is 2.06 bits per heavy atom. The Morgan fingerprint density at radius 1 is 0.781 bits per heavy atom. The predicted octanol–water partition coefficient (Wildman–Crippen LogP) is 4.17. The maximum Gasteiger partial charge on any atom is 0.315 e. The number of hydrogen-bond donors (Lipinski definition) is 4. The summed E-state index contributed by atoms with van der Waals surface area (Å²) in [5.41, 5.74) is 1.92. The van der Waals surface area contributed by atoms with E-state index in [1.54, 1.807) is 60.7 Å². The molecular formula is C23H20ClFN4O3. The van der Waals surface area contributed by atoms with Gasteiger partial charge in [0.05, 0.1) is 17.9 Å². The second kappa shape index (κ2) is 10.9. The van der Waals surface area contributed by atoms with Crippen molar-refractivity contribution in [2.75, 3.05) is 17.2 Å². The first-order valence-corrected chi connectivity index (χ1v) is 10.0. The highest BCUT2D eigenvalue weighted by Gasteiger charge is 2.12. The van der Waals surface area contributed by atoms with Gasteiger partial charge in [-0.25, -0.2) is 9.18 Å². The minimum absolute atomic E-state index is 0.188. The summed E-state index contributed by atoms with van der Waals surface area (Å²) in [7, 11) is 0. The van der Waals surface area contributed by atoms with Crippen molar-refractivity contribution < 1.29 is 18.8 Å². The summed E-state index contributed by atoms with van der Waals surface area (Å²) in [4.78, 5) is 36.6. The number of amides is 4. The van der Waals surface area contributed by atoms with E-state index in [2.05, 4.69) is 21.3 Å². The summed E-state index contributed by atoms with van der Waals surface area (Å²) in [5, 5.41) is 10.9. The maximum absolute atomic E-state index is 12.9. The molecule has 0 bridgehead atoms. The third-order valence-electron chi connectivity index (χ3n) is 4.33. The number of carbonyl (C=O) groups excluding carboxylic acids is 3. The van der Waals surface area contributed by atoms with E-state index in [1.807, 2.05) is 0 Å². The lowest BCUT2D eigenvalue weighted by molar-refractivity contribution is -0.115. The Bertz CT molecular complexity index is 1100. The predicted molar refractivity (Wildman–Crippen MR) is 121 cm³/mol. The van der Waals surface area contributed by atoms with E-state index in [4.69, 9.17) is 11.6 Å². The van der Waals surface area contributed by atoms with Crippen LogP contribution >= 0.6 is 11.6 Å². The van der Waals surface area contributed by atoms with Gasteiger partial charge in [-0.1, -0.05) is 35.9 Å². The summed E-state index contributed by atoms with van der Waals surface area (Å²) >= 11 is 5.84. The van der Waals surface area contributed by atoms with Gasteiger partial charge in [0.2, 0.25) is 5.91 Å². The second-order valence-corrected chi connectivity index (χ2v) is 7.15. The van der Waals surface area contributed by atoms with E-state index in [1.165, 1.54) is 12.1 Å². The molecule has 0 aliphatic carbocycles. The normalized spacial score (nSPS) is 10.2. The number of halogens is 2. The van der Waals surface area contributed by atoms with Gasteiger partial charge >= 0.3 is 6.03 Å². The van der Waals surface area contributed by atoms with Crippen LogP contribution in [0.15, 0.2) is 72.8 Å². The minimum Gasteiger partial charge on any atom is -0.334 e. The van der Waals surface area contributed by atoms with Gasteiger partial charge in [-0.15, -0.1) is 0 Å². The number of benzene rings is 3. The first-order chi connectivity index (χ1) is 15.4. The zero-order valence-corrected chi connectivity index (χ0v) is 17.6. The highest BCUT2D eigenvalue weighted by molar-refractivity contribution is 6.30. The van der Waals surface area contributed by atoms with Gasteiger partial charge in [0.15, 0.2) is 0 Å².